The van der Waals surface area contributed by atoms with E-state index < -0.39 is 0 Å². The predicted octanol–water partition coefficient (Wildman–Crippen LogP) is 16.1. The normalized spacial score (nSPS) is 14.5. The van der Waals surface area contributed by atoms with Crippen LogP contribution >= 0.6 is 11.3 Å². The van der Waals surface area contributed by atoms with E-state index in [0.717, 1.165) is 5.69 Å². The minimum atomic E-state index is -0.127. The Balaban J connectivity index is 1.18. The molecule has 0 N–H and O–H groups in total. The molecule has 9 aromatic carbocycles. The molecule has 1 aromatic heterocycles. The summed E-state index contributed by atoms with van der Waals surface area (Å²) in [5.41, 5.74) is 16.6. The molecule has 0 saturated heterocycles. The summed E-state index contributed by atoms with van der Waals surface area (Å²) in [4.78, 5) is 2.54. The van der Waals surface area contributed by atoms with Crippen LogP contribution in [0.1, 0.15) is 49.9 Å². The number of benzene rings is 9. The Hall–Kier alpha value is -6.48. The van der Waals surface area contributed by atoms with Crippen molar-refractivity contribution in [1.82, 2.24) is 0 Å². The van der Waals surface area contributed by atoms with Gasteiger partial charge >= 0.3 is 0 Å². The number of hydrogen-bond donors (Lipinski definition) is 0. The fourth-order valence-electron chi connectivity index (χ4n) is 10.6. The van der Waals surface area contributed by atoms with Crippen molar-refractivity contribution in [3.05, 3.63) is 198 Å². The van der Waals surface area contributed by atoms with Crippen LogP contribution in [0, 0.1) is 0 Å². The molecule has 12 rings (SSSR count). The highest BCUT2D eigenvalue weighted by Gasteiger charge is 2.38. The summed E-state index contributed by atoms with van der Waals surface area (Å²) in [5.74, 6) is 0. The van der Waals surface area contributed by atoms with E-state index in [-0.39, 0.29) is 10.8 Å². The van der Waals surface area contributed by atoms with Crippen LogP contribution in [0.5, 0.6) is 0 Å². The smallest absolute Gasteiger partial charge is 0.0475 e. The van der Waals surface area contributed by atoms with Gasteiger partial charge in [-0.05, 0) is 103 Å². The summed E-state index contributed by atoms with van der Waals surface area (Å²) < 4.78 is 2.67. The Morgan fingerprint density at radius 1 is 0.345 bits per heavy atom. The lowest BCUT2D eigenvalue weighted by Gasteiger charge is -2.30. The lowest BCUT2D eigenvalue weighted by molar-refractivity contribution is 0.660. The van der Waals surface area contributed by atoms with E-state index in [4.69, 9.17) is 0 Å². The molecule has 2 aliphatic rings. The lowest BCUT2D eigenvalue weighted by Crippen LogP contribution is -2.18. The zero-order valence-electron chi connectivity index (χ0n) is 33.1. The van der Waals surface area contributed by atoms with E-state index in [1.54, 1.807) is 0 Å². The molecule has 1 heterocycles. The topological polar surface area (TPSA) is 3.24 Å². The van der Waals surface area contributed by atoms with Gasteiger partial charge in [0.15, 0.2) is 0 Å². The third-order valence-corrected chi connectivity index (χ3v) is 14.7. The Labute approximate surface area is 343 Å². The molecular formula is C56H41NS. The van der Waals surface area contributed by atoms with E-state index >= 15 is 0 Å². The Kier molecular flexibility index (Phi) is 6.97. The van der Waals surface area contributed by atoms with Crippen molar-refractivity contribution in [3.63, 3.8) is 0 Å². The first-order chi connectivity index (χ1) is 28.3. The van der Waals surface area contributed by atoms with E-state index in [1.165, 1.54) is 109 Å². The largest absolute Gasteiger partial charge is 0.310 e. The van der Waals surface area contributed by atoms with Crippen molar-refractivity contribution in [1.29, 1.82) is 0 Å². The van der Waals surface area contributed by atoms with E-state index in [0.29, 0.717) is 0 Å². The first-order valence-electron chi connectivity index (χ1n) is 20.4. The van der Waals surface area contributed by atoms with Gasteiger partial charge in [-0.1, -0.05) is 167 Å². The van der Waals surface area contributed by atoms with Gasteiger partial charge in [0.2, 0.25) is 0 Å². The van der Waals surface area contributed by atoms with Gasteiger partial charge in [0.1, 0.15) is 0 Å². The first-order valence-corrected chi connectivity index (χ1v) is 21.2. The van der Waals surface area contributed by atoms with Crippen molar-refractivity contribution in [2.24, 2.45) is 0 Å². The zero-order chi connectivity index (χ0) is 38.9. The molecule has 0 unspecified atom stereocenters. The second-order valence-corrected chi connectivity index (χ2v) is 18.3. The molecule has 276 valence electrons. The number of nitrogens with zero attached hydrogens (tertiary/aromatic N) is 1. The molecule has 0 radical (unpaired) electrons. The summed E-state index contributed by atoms with van der Waals surface area (Å²) in [7, 11) is 0. The maximum absolute atomic E-state index is 2.54. The molecule has 0 amide bonds. The van der Waals surface area contributed by atoms with Crippen molar-refractivity contribution >= 4 is 70.1 Å². The van der Waals surface area contributed by atoms with Gasteiger partial charge in [-0.15, -0.1) is 11.3 Å². The van der Waals surface area contributed by atoms with Gasteiger partial charge in [0.25, 0.3) is 0 Å². The number of thiophene rings is 1. The van der Waals surface area contributed by atoms with E-state index in [2.05, 4.69) is 209 Å². The number of rotatable bonds is 4. The average molecular weight is 760 g/mol. The second kappa shape index (κ2) is 12.0. The minimum absolute atomic E-state index is 0.127. The average Bonchev–Trinajstić information content (AvgIpc) is 3.84. The molecular weight excluding hydrogens is 719 g/mol. The summed E-state index contributed by atoms with van der Waals surface area (Å²) in [5, 5.41) is 7.86. The van der Waals surface area contributed by atoms with Gasteiger partial charge in [0, 0.05) is 59.0 Å². The number of fused-ring (bicyclic) bond motifs is 14. The van der Waals surface area contributed by atoms with Gasteiger partial charge in [-0.2, -0.15) is 0 Å². The Bertz CT molecular complexity index is 3240. The predicted molar refractivity (Wildman–Crippen MR) is 250 cm³/mol. The third kappa shape index (κ3) is 4.58. The zero-order valence-corrected chi connectivity index (χ0v) is 33.9. The SMILES string of the molecule is CC1(C)c2ccccc2-c2ccc(N(c3ccc4c(c3)C(C)(C)c3ccccc3-4)c3cc(-c4ccccc4)c4sc5c6ccccc6c6ccccc6c5c4c3)cc21. The van der Waals surface area contributed by atoms with Crippen LogP contribution in [0.3, 0.4) is 0 Å². The molecule has 0 aliphatic heterocycles. The molecule has 58 heavy (non-hydrogen) atoms. The van der Waals surface area contributed by atoms with Crippen LogP contribution in [0.15, 0.2) is 176 Å². The van der Waals surface area contributed by atoms with Crippen LogP contribution in [0.2, 0.25) is 0 Å². The van der Waals surface area contributed by atoms with E-state index in [1.807, 2.05) is 11.3 Å². The Morgan fingerprint density at radius 2 is 0.828 bits per heavy atom. The fourth-order valence-corrected chi connectivity index (χ4v) is 11.9. The van der Waals surface area contributed by atoms with Crippen LogP contribution in [0.4, 0.5) is 17.1 Å². The Morgan fingerprint density at radius 3 is 1.43 bits per heavy atom. The highest BCUT2D eigenvalue weighted by atomic mass is 32.1. The minimum Gasteiger partial charge on any atom is -0.310 e. The number of anilines is 3. The van der Waals surface area contributed by atoms with Crippen molar-refractivity contribution in [2.75, 3.05) is 4.90 Å². The summed E-state index contributed by atoms with van der Waals surface area (Å²) in [6, 6.07) is 66.2. The quantitative estimate of drug-likeness (QED) is 0.162. The van der Waals surface area contributed by atoms with Crippen LogP contribution in [0.25, 0.3) is 75.1 Å². The van der Waals surface area contributed by atoms with Crippen molar-refractivity contribution in [2.45, 2.75) is 38.5 Å². The van der Waals surface area contributed by atoms with Crippen LogP contribution in [-0.2, 0) is 10.8 Å². The van der Waals surface area contributed by atoms with Crippen LogP contribution in [-0.4, -0.2) is 0 Å². The third-order valence-electron chi connectivity index (χ3n) is 13.4. The fraction of sp³-hybridized carbons (Fsp3) is 0.107. The summed E-state index contributed by atoms with van der Waals surface area (Å²) in [6.45, 7) is 9.53. The molecule has 0 fully saturated rings. The second-order valence-electron chi connectivity index (χ2n) is 17.3. The molecule has 1 nitrogen and oxygen atoms in total. The molecule has 0 atom stereocenters. The first kappa shape index (κ1) is 33.6. The molecule has 2 heteroatoms. The molecule has 0 saturated carbocycles. The number of hydrogen-bond acceptors (Lipinski definition) is 2. The van der Waals surface area contributed by atoms with Gasteiger partial charge < -0.3 is 4.90 Å². The maximum atomic E-state index is 2.54. The monoisotopic (exact) mass is 759 g/mol. The maximum Gasteiger partial charge on any atom is 0.0475 e. The van der Waals surface area contributed by atoms with Gasteiger partial charge in [0.05, 0.1) is 0 Å². The van der Waals surface area contributed by atoms with Gasteiger partial charge in [-0.3, -0.25) is 0 Å². The standard InChI is InChI=1S/C56H41NS/c1-55(2)48-24-14-12-20-40(48)42-28-26-35(32-50(42)55)57(36-27-29-43-41-21-13-15-25-49(41)56(3,4)51(43)33-36)37-30-46(34-16-6-5-7-17-34)53-47(31-37)52-44-22-10-8-18-38(44)39-19-9-11-23-45(39)54(52)58-53/h5-33H,1-4H3. The van der Waals surface area contributed by atoms with Crippen molar-refractivity contribution < 1.29 is 0 Å². The molecule has 0 bridgehead atoms. The molecule has 0 spiro atoms. The van der Waals surface area contributed by atoms with E-state index in [9.17, 15) is 0 Å². The summed E-state index contributed by atoms with van der Waals surface area (Å²) >= 11 is 1.94. The highest BCUT2D eigenvalue weighted by molar-refractivity contribution is 7.27. The highest BCUT2D eigenvalue weighted by Crippen LogP contribution is 2.55. The molecule has 2 aliphatic carbocycles. The molecule has 10 aromatic rings. The van der Waals surface area contributed by atoms with Crippen molar-refractivity contribution in [3.8, 4) is 33.4 Å². The summed E-state index contributed by atoms with van der Waals surface area (Å²) in [6.07, 6.45) is 0. The van der Waals surface area contributed by atoms with Gasteiger partial charge in [-0.25, -0.2) is 0 Å². The lowest BCUT2D eigenvalue weighted by atomic mass is 9.82. The van der Waals surface area contributed by atoms with Crippen LogP contribution < -0.4 is 4.90 Å².